The van der Waals surface area contributed by atoms with E-state index in [1.807, 2.05) is 0 Å². The van der Waals surface area contributed by atoms with Crippen LogP contribution in [0.1, 0.15) is 13.8 Å². The summed E-state index contributed by atoms with van der Waals surface area (Å²) in [7, 11) is 1.16. The van der Waals surface area contributed by atoms with Gasteiger partial charge in [-0.1, -0.05) is 0 Å². The summed E-state index contributed by atoms with van der Waals surface area (Å²) in [5.41, 5.74) is 0. The molecule has 0 atom stereocenters. The molecule has 0 amide bonds. The first-order valence-electron chi connectivity index (χ1n) is 4.35. The molecule has 0 aromatic heterocycles. The quantitative estimate of drug-likeness (QED) is 0.541. The number of alkyl halides is 3. The van der Waals surface area contributed by atoms with Gasteiger partial charge in [0.25, 0.3) is 0 Å². The molecule has 88 valence electrons. The van der Waals surface area contributed by atoms with Crippen LogP contribution >= 0.6 is 0 Å². The van der Waals surface area contributed by atoms with Gasteiger partial charge in [-0.2, -0.15) is 13.2 Å². The Labute approximate surface area is 86.5 Å². The number of methoxy groups -OCH3 is 1. The molecule has 0 aromatic rings. The maximum absolute atomic E-state index is 12.1. The molecule has 0 spiro atoms. The Morgan fingerprint density at radius 3 is 2.33 bits per heavy atom. The molecule has 0 saturated heterocycles. The fraction of sp³-hybridized carbons (Fsp3) is 0.667. The maximum atomic E-state index is 12.1. The van der Waals surface area contributed by atoms with E-state index in [4.69, 9.17) is 0 Å². The van der Waals surface area contributed by atoms with Crippen molar-refractivity contribution in [3.63, 3.8) is 0 Å². The van der Waals surface area contributed by atoms with Gasteiger partial charge in [-0.05, 0) is 13.8 Å². The van der Waals surface area contributed by atoms with E-state index >= 15 is 0 Å². The van der Waals surface area contributed by atoms with Crippen LogP contribution < -0.4 is 0 Å². The molecule has 15 heavy (non-hydrogen) atoms. The summed E-state index contributed by atoms with van der Waals surface area (Å²) < 4.78 is 40.5. The SMILES string of the molecule is COC(=O)C=CN(CC(F)(F)F)C(C)C. The minimum absolute atomic E-state index is 0.340. The normalized spacial score (nSPS) is 12.2. The van der Waals surface area contributed by atoms with E-state index in [0.29, 0.717) is 0 Å². The zero-order valence-corrected chi connectivity index (χ0v) is 8.84. The summed E-state index contributed by atoms with van der Waals surface area (Å²) in [5.74, 6) is -0.678. The number of rotatable bonds is 4. The molecule has 0 N–H and O–H groups in total. The van der Waals surface area contributed by atoms with Crippen LogP contribution in [0.25, 0.3) is 0 Å². The predicted octanol–water partition coefficient (Wildman–Crippen LogP) is 1.95. The fourth-order valence-corrected chi connectivity index (χ4v) is 0.839. The predicted molar refractivity (Wildman–Crippen MR) is 49.1 cm³/mol. The van der Waals surface area contributed by atoms with Crippen molar-refractivity contribution in [2.45, 2.75) is 26.1 Å². The van der Waals surface area contributed by atoms with Crippen LogP contribution in [0.15, 0.2) is 12.3 Å². The van der Waals surface area contributed by atoms with Crippen LogP contribution in [0.3, 0.4) is 0 Å². The molecule has 0 aliphatic carbocycles. The summed E-state index contributed by atoms with van der Waals surface area (Å²) >= 11 is 0. The number of ether oxygens (including phenoxy) is 1. The molecular weight excluding hydrogens is 211 g/mol. The molecule has 0 aromatic carbocycles. The van der Waals surface area contributed by atoms with E-state index in [-0.39, 0.29) is 6.04 Å². The Balaban J connectivity index is 4.42. The van der Waals surface area contributed by atoms with Crippen molar-refractivity contribution in [2.75, 3.05) is 13.7 Å². The molecule has 0 saturated carbocycles. The van der Waals surface area contributed by atoms with E-state index in [0.717, 1.165) is 24.3 Å². The van der Waals surface area contributed by atoms with Gasteiger partial charge in [0.1, 0.15) is 6.54 Å². The van der Waals surface area contributed by atoms with Crippen LogP contribution in [-0.2, 0) is 9.53 Å². The fourth-order valence-electron chi connectivity index (χ4n) is 0.839. The van der Waals surface area contributed by atoms with Gasteiger partial charge in [0.05, 0.1) is 7.11 Å². The van der Waals surface area contributed by atoms with Gasteiger partial charge in [0.2, 0.25) is 0 Å². The van der Waals surface area contributed by atoms with Crippen molar-refractivity contribution in [2.24, 2.45) is 0 Å². The highest BCUT2D eigenvalue weighted by molar-refractivity contribution is 5.81. The lowest BCUT2D eigenvalue weighted by Gasteiger charge is -2.25. The topological polar surface area (TPSA) is 29.5 Å². The molecule has 3 nitrogen and oxygen atoms in total. The van der Waals surface area contributed by atoms with Crippen LogP contribution in [0, 0.1) is 0 Å². The third kappa shape index (κ3) is 6.82. The van der Waals surface area contributed by atoms with Crippen LogP contribution in [-0.4, -0.2) is 36.7 Å². The van der Waals surface area contributed by atoms with Crippen molar-refractivity contribution < 1.29 is 22.7 Å². The third-order valence-electron chi connectivity index (χ3n) is 1.63. The first kappa shape index (κ1) is 13.8. The summed E-state index contributed by atoms with van der Waals surface area (Å²) in [6.07, 6.45) is -2.24. The number of hydrogen-bond acceptors (Lipinski definition) is 3. The van der Waals surface area contributed by atoms with Gasteiger partial charge in [-0.25, -0.2) is 4.79 Å². The van der Waals surface area contributed by atoms with Gasteiger partial charge in [0.15, 0.2) is 0 Å². The molecule has 0 radical (unpaired) electrons. The number of hydrogen-bond donors (Lipinski definition) is 0. The van der Waals surface area contributed by atoms with Crippen molar-refractivity contribution in [3.8, 4) is 0 Å². The number of carbonyl (C=O) groups is 1. The highest BCUT2D eigenvalue weighted by atomic mass is 19.4. The van der Waals surface area contributed by atoms with E-state index in [2.05, 4.69) is 4.74 Å². The largest absolute Gasteiger partial charge is 0.466 e. The summed E-state index contributed by atoms with van der Waals surface area (Å²) in [6.45, 7) is 2.12. The molecule has 0 aliphatic heterocycles. The Morgan fingerprint density at radius 1 is 1.47 bits per heavy atom. The van der Waals surface area contributed by atoms with Gasteiger partial charge >= 0.3 is 12.1 Å². The molecule has 0 bridgehead atoms. The Bertz CT molecular complexity index is 236. The van der Waals surface area contributed by atoms with Crippen molar-refractivity contribution >= 4 is 5.97 Å². The van der Waals surface area contributed by atoms with Gasteiger partial charge in [-0.3, -0.25) is 0 Å². The number of carbonyl (C=O) groups excluding carboxylic acids is 1. The lowest BCUT2D eigenvalue weighted by atomic mass is 10.3. The number of nitrogens with zero attached hydrogens (tertiary/aromatic N) is 1. The lowest BCUT2D eigenvalue weighted by molar-refractivity contribution is -0.144. The second-order valence-electron chi connectivity index (χ2n) is 3.22. The summed E-state index contributed by atoms with van der Waals surface area (Å²) in [5, 5.41) is 0. The van der Waals surface area contributed by atoms with Crippen LogP contribution in [0.2, 0.25) is 0 Å². The van der Waals surface area contributed by atoms with Crippen molar-refractivity contribution in [1.82, 2.24) is 4.90 Å². The second kappa shape index (κ2) is 5.63. The first-order chi connectivity index (χ1) is 6.76. The average Bonchev–Trinajstić information content (AvgIpc) is 2.09. The molecule has 0 rings (SSSR count). The zero-order valence-electron chi connectivity index (χ0n) is 8.84. The lowest BCUT2D eigenvalue weighted by Crippen LogP contribution is -2.35. The molecule has 0 aliphatic rings. The highest BCUT2D eigenvalue weighted by Gasteiger charge is 2.30. The van der Waals surface area contributed by atoms with Crippen LogP contribution in [0.5, 0.6) is 0 Å². The molecule has 0 unspecified atom stereocenters. The third-order valence-corrected chi connectivity index (χ3v) is 1.63. The molecule has 0 fully saturated rings. The average molecular weight is 225 g/mol. The van der Waals surface area contributed by atoms with E-state index < -0.39 is 18.7 Å². The number of esters is 1. The minimum Gasteiger partial charge on any atom is -0.466 e. The summed E-state index contributed by atoms with van der Waals surface area (Å²) in [4.78, 5) is 11.7. The molecule has 6 heteroatoms. The van der Waals surface area contributed by atoms with E-state index in [1.54, 1.807) is 13.8 Å². The van der Waals surface area contributed by atoms with E-state index in [9.17, 15) is 18.0 Å². The first-order valence-corrected chi connectivity index (χ1v) is 4.35. The smallest absolute Gasteiger partial charge is 0.405 e. The standard InChI is InChI=1S/C9H14F3NO2/c1-7(2)13(6-9(10,11)12)5-4-8(14)15-3/h4-5,7H,6H2,1-3H3. The van der Waals surface area contributed by atoms with Gasteiger partial charge in [0, 0.05) is 18.3 Å². The van der Waals surface area contributed by atoms with Crippen LogP contribution in [0.4, 0.5) is 13.2 Å². The minimum atomic E-state index is -4.29. The van der Waals surface area contributed by atoms with Gasteiger partial charge in [-0.15, -0.1) is 0 Å². The Morgan fingerprint density at radius 2 is 2.00 bits per heavy atom. The van der Waals surface area contributed by atoms with Gasteiger partial charge < -0.3 is 9.64 Å². The molecule has 0 heterocycles. The van der Waals surface area contributed by atoms with Crippen molar-refractivity contribution in [3.05, 3.63) is 12.3 Å². The highest BCUT2D eigenvalue weighted by Crippen LogP contribution is 2.18. The zero-order chi connectivity index (χ0) is 12.1. The maximum Gasteiger partial charge on any atom is 0.405 e. The monoisotopic (exact) mass is 225 g/mol. The molecular formula is C9H14F3NO2. The Kier molecular flexibility index (Phi) is 5.18. The van der Waals surface area contributed by atoms with Crippen molar-refractivity contribution in [1.29, 1.82) is 0 Å². The summed E-state index contributed by atoms with van der Waals surface area (Å²) in [6, 6.07) is -0.340. The van der Waals surface area contributed by atoms with E-state index in [1.165, 1.54) is 0 Å². The second-order valence-corrected chi connectivity index (χ2v) is 3.22. The Hall–Kier alpha value is -1.20. The number of halogens is 3.